The van der Waals surface area contributed by atoms with Crippen molar-refractivity contribution in [3.05, 3.63) is 46.8 Å². The van der Waals surface area contributed by atoms with Crippen LogP contribution in [0.5, 0.6) is 0 Å². The van der Waals surface area contributed by atoms with Gasteiger partial charge in [-0.1, -0.05) is 26.0 Å². The number of primary amides is 1. The average molecular weight is 465 g/mol. The average Bonchev–Trinajstić information content (AvgIpc) is 2.71. The van der Waals surface area contributed by atoms with E-state index in [0.717, 1.165) is 27.8 Å². The van der Waals surface area contributed by atoms with E-state index in [1.54, 1.807) is 17.9 Å². The summed E-state index contributed by atoms with van der Waals surface area (Å²) in [5, 5.41) is 4.03. The van der Waals surface area contributed by atoms with Gasteiger partial charge in [0, 0.05) is 37.8 Å². The summed E-state index contributed by atoms with van der Waals surface area (Å²) in [5.74, 6) is -0.471. The molecule has 0 saturated carbocycles. The topological polar surface area (TPSA) is 80.5 Å². The van der Waals surface area contributed by atoms with Crippen LogP contribution in [0.3, 0.4) is 0 Å². The molecule has 180 valence electrons. The molecule has 3 N–H and O–H groups in total. The molecule has 1 saturated heterocycles. The summed E-state index contributed by atoms with van der Waals surface area (Å²) in [7, 11) is 1.84. The first-order chi connectivity index (χ1) is 15.4. The molecule has 1 aromatic carbocycles. The van der Waals surface area contributed by atoms with E-state index in [1.807, 2.05) is 32.2 Å². The number of nitrogens with one attached hydrogen (secondary N) is 1. The Morgan fingerprint density at radius 3 is 2.58 bits per heavy atom. The van der Waals surface area contributed by atoms with Gasteiger partial charge in [0.1, 0.15) is 5.69 Å². The molecule has 3 rings (SSSR count). The lowest BCUT2D eigenvalue weighted by molar-refractivity contribution is -0.252. The number of hydrogen-bond donors (Lipinski definition) is 2. The highest BCUT2D eigenvalue weighted by Crippen LogP contribution is 2.33. The summed E-state index contributed by atoms with van der Waals surface area (Å²) in [6.45, 7) is 8.23. The van der Waals surface area contributed by atoms with Gasteiger partial charge >= 0.3 is 6.18 Å². The summed E-state index contributed by atoms with van der Waals surface area (Å²) >= 11 is 0. The first kappa shape index (κ1) is 25.0. The highest BCUT2D eigenvalue weighted by molar-refractivity contribution is 5.99. The molecule has 1 aliphatic rings. The number of aromatic nitrogens is 1. The number of fused-ring (bicyclic) bond motifs is 1. The fraction of sp³-hybridized carbons (Fsp3) is 0.500. The predicted octanol–water partition coefficient (Wildman–Crippen LogP) is 4.09. The number of pyridine rings is 1. The van der Waals surface area contributed by atoms with E-state index < -0.39 is 24.3 Å². The smallest absolute Gasteiger partial charge is 0.391 e. The van der Waals surface area contributed by atoms with E-state index in [9.17, 15) is 18.0 Å². The minimum absolute atomic E-state index is 0.147. The minimum atomic E-state index is -4.41. The van der Waals surface area contributed by atoms with Gasteiger partial charge in [-0.15, -0.1) is 0 Å². The Bertz CT molecular complexity index is 1070. The molecule has 2 atom stereocenters. The Balaban J connectivity index is 2.03. The quantitative estimate of drug-likeness (QED) is 0.673. The number of halogens is 3. The predicted molar refractivity (Wildman–Crippen MR) is 122 cm³/mol. The summed E-state index contributed by atoms with van der Waals surface area (Å²) in [6.07, 6.45) is -6.75. The number of nitrogens with zero attached hydrogens (tertiary/aromatic N) is 2. The lowest BCUT2D eigenvalue weighted by atomic mass is 9.90. The van der Waals surface area contributed by atoms with Crippen molar-refractivity contribution in [2.45, 2.75) is 52.6 Å². The van der Waals surface area contributed by atoms with Crippen molar-refractivity contribution < 1.29 is 22.7 Å². The van der Waals surface area contributed by atoms with E-state index >= 15 is 0 Å². The number of rotatable bonds is 6. The molecular formula is C24H31F3N4O2. The number of allylic oxidation sites excluding steroid dienone is 2. The van der Waals surface area contributed by atoms with Crippen LogP contribution >= 0.6 is 0 Å². The summed E-state index contributed by atoms with van der Waals surface area (Å²) in [5.41, 5.74) is 9.95. The number of morpholine rings is 1. The molecule has 1 aromatic heterocycles. The van der Waals surface area contributed by atoms with Crippen LogP contribution in [-0.2, 0) is 11.3 Å². The highest BCUT2D eigenvalue weighted by Gasteiger charge is 2.44. The number of ether oxygens (including phenoxy) is 1. The SMILES string of the molecule is CN/C(C)=C(/c1cc(C(N)=O)nc2cc(CN3C[C@@H](C)O[C@@H](C(F)(F)F)C3)ccc12)C(C)C. The Morgan fingerprint density at radius 1 is 1.30 bits per heavy atom. The van der Waals surface area contributed by atoms with Crippen molar-refractivity contribution in [2.24, 2.45) is 11.7 Å². The van der Waals surface area contributed by atoms with E-state index in [1.165, 1.54) is 0 Å². The van der Waals surface area contributed by atoms with Gasteiger partial charge in [-0.05, 0) is 48.6 Å². The van der Waals surface area contributed by atoms with Crippen LogP contribution in [0, 0.1) is 5.92 Å². The zero-order chi connectivity index (χ0) is 24.5. The zero-order valence-electron chi connectivity index (χ0n) is 19.6. The summed E-state index contributed by atoms with van der Waals surface area (Å²) < 4.78 is 44.7. The van der Waals surface area contributed by atoms with Crippen molar-refractivity contribution in [2.75, 3.05) is 20.1 Å². The number of alkyl halides is 3. The molecule has 33 heavy (non-hydrogen) atoms. The first-order valence-electron chi connectivity index (χ1n) is 11.0. The fourth-order valence-corrected chi connectivity index (χ4v) is 4.41. The van der Waals surface area contributed by atoms with Gasteiger partial charge in [-0.25, -0.2) is 4.98 Å². The molecule has 0 bridgehead atoms. The fourth-order valence-electron chi connectivity index (χ4n) is 4.41. The maximum absolute atomic E-state index is 13.2. The van der Waals surface area contributed by atoms with Crippen molar-refractivity contribution in [1.82, 2.24) is 15.2 Å². The Hall–Kier alpha value is -2.65. The van der Waals surface area contributed by atoms with E-state index in [4.69, 9.17) is 10.5 Å². The van der Waals surface area contributed by atoms with Gasteiger partial charge in [0.05, 0.1) is 11.6 Å². The molecule has 6 nitrogen and oxygen atoms in total. The maximum Gasteiger partial charge on any atom is 0.415 e. The highest BCUT2D eigenvalue weighted by atomic mass is 19.4. The van der Waals surface area contributed by atoms with Crippen LogP contribution < -0.4 is 11.1 Å². The second kappa shape index (κ2) is 9.69. The van der Waals surface area contributed by atoms with Gasteiger partial charge in [0.15, 0.2) is 6.10 Å². The number of benzene rings is 1. The van der Waals surface area contributed by atoms with Crippen LogP contribution in [-0.4, -0.2) is 54.3 Å². The number of nitrogens with two attached hydrogens (primary N) is 1. The van der Waals surface area contributed by atoms with Crippen LogP contribution in [0.4, 0.5) is 13.2 Å². The second-order valence-electron chi connectivity index (χ2n) is 8.89. The molecule has 0 radical (unpaired) electrons. The van der Waals surface area contributed by atoms with Gasteiger partial charge in [-0.2, -0.15) is 13.2 Å². The molecule has 0 spiro atoms. The number of carbonyl (C=O) groups is 1. The monoisotopic (exact) mass is 464 g/mol. The molecule has 9 heteroatoms. The van der Waals surface area contributed by atoms with Crippen molar-refractivity contribution >= 4 is 22.4 Å². The Labute approximate surface area is 192 Å². The number of amides is 1. The molecule has 2 aromatic rings. The van der Waals surface area contributed by atoms with Gasteiger partial charge in [0.25, 0.3) is 5.91 Å². The molecule has 0 unspecified atom stereocenters. The Morgan fingerprint density at radius 2 is 2.00 bits per heavy atom. The first-order valence-corrected chi connectivity index (χ1v) is 11.0. The molecular weight excluding hydrogens is 433 g/mol. The molecule has 2 heterocycles. The van der Waals surface area contributed by atoms with Crippen LogP contribution in [0.2, 0.25) is 0 Å². The lowest BCUT2D eigenvalue weighted by Crippen LogP contribution is -2.51. The Kier molecular flexibility index (Phi) is 7.33. The largest absolute Gasteiger partial charge is 0.415 e. The van der Waals surface area contributed by atoms with Gasteiger partial charge in [0.2, 0.25) is 0 Å². The van der Waals surface area contributed by atoms with Crippen molar-refractivity contribution in [3.63, 3.8) is 0 Å². The summed E-state index contributed by atoms with van der Waals surface area (Å²) in [6, 6.07) is 7.33. The molecule has 1 fully saturated rings. The summed E-state index contributed by atoms with van der Waals surface area (Å²) in [4.78, 5) is 18.2. The second-order valence-corrected chi connectivity index (χ2v) is 8.89. The number of carbonyl (C=O) groups excluding carboxylic acids is 1. The minimum Gasteiger partial charge on any atom is -0.391 e. The van der Waals surface area contributed by atoms with E-state index in [-0.39, 0.29) is 18.2 Å². The van der Waals surface area contributed by atoms with E-state index in [0.29, 0.717) is 18.6 Å². The third kappa shape index (κ3) is 5.65. The number of hydrogen-bond acceptors (Lipinski definition) is 5. The van der Waals surface area contributed by atoms with Crippen LogP contribution in [0.1, 0.15) is 49.3 Å². The van der Waals surface area contributed by atoms with Crippen molar-refractivity contribution in [3.8, 4) is 0 Å². The van der Waals surface area contributed by atoms with Crippen molar-refractivity contribution in [1.29, 1.82) is 0 Å². The lowest BCUT2D eigenvalue weighted by Gasteiger charge is -2.37. The van der Waals surface area contributed by atoms with E-state index in [2.05, 4.69) is 24.1 Å². The van der Waals surface area contributed by atoms with Crippen LogP contribution in [0.25, 0.3) is 16.5 Å². The van der Waals surface area contributed by atoms with Gasteiger partial charge in [-0.3, -0.25) is 9.69 Å². The third-order valence-corrected chi connectivity index (χ3v) is 5.88. The van der Waals surface area contributed by atoms with Gasteiger partial charge < -0.3 is 15.8 Å². The molecule has 1 amide bonds. The molecule has 0 aliphatic carbocycles. The standard InChI is InChI=1S/C24H31F3N4O2/c1-13(2)22(15(4)29-5)18-9-20(23(28)32)30-19-8-16(6-7-17(18)19)11-31-10-14(3)33-21(12-31)24(25,26)27/h6-9,13-14,21,29H,10-12H2,1-5H3,(H2,28,32)/b22-15+/t14-,21-/m1/s1. The normalized spacial score (nSPS) is 20.8. The molecule has 1 aliphatic heterocycles. The van der Waals surface area contributed by atoms with Crippen LogP contribution in [0.15, 0.2) is 30.0 Å². The third-order valence-electron chi connectivity index (χ3n) is 5.88. The maximum atomic E-state index is 13.2. The zero-order valence-corrected chi connectivity index (χ0v) is 19.6.